The third-order valence-electron chi connectivity index (χ3n) is 3.50. The minimum absolute atomic E-state index is 0.0487. The van der Waals surface area contributed by atoms with Gasteiger partial charge in [0.15, 0.2) is 0 Å². The molecule has 3 unspecified atom stereocenters. The largest absolute Gasteiger partial charge is 0.373 e. The van der Waals surface area contributed by atoms with Crippen LogP contribution in [0.3, 0.4) is 0 Å². The van der Waals surface area contributed by atoms with Crippen molar-refractivity contribution in [3.05, 3.63) is 17.5 Å². The maximum Gasteiger partial charge on any atom is 0.255 e. The zero-order valence-corrected chi connectivity index (χ0v) is 9.19. The lowest BCUT2D eigenvalue weighted by atomic mass is 9.95. The fraction of sp³-hybridized carbons (Fsp3) is 0.636. The van der Waals surface area contributed by atoms with Gasteiger partial charge in [-0.25, -0.2) is 0 Å². The van der Waals surface area contributed by atoms with E-state index < -0.39 is 0 Å². The number of aromatic amines is 1. The molecule has 5 nitrogen and oxygen atoms in total. The van der Waals surface area contributed by atoms with E-state index in [1.165, 1.54) is 0 Å². The van der Waals surface area contributed by atoms with Crippen molar-refractivity contribution in [2.45, 2.75) is 44.4 Å². The molecule has 16 heavy (non-hydrogen) atoms. The Balaban J connectivity index is 1.67. The Morgan fingerprint density at radius 1 is 1.62 bits per heavy atom. The number of rotatable bonds is 2. The van der Waals surface area contributed by atoms with Gasteiger partial charge in [0.25, 0.3) is 5.91 Å². The van der Waals surface area contributed by atoms with Crippen LogP contribution in [0.5, 0.6) is 0 Å². The standard InChI is InChI=1S/C11H15N3O2/c1-6-8(5-12-14-6)11(15)13-9-4-7-2-3-10(9)16-7/h5,7,9-10H,2-4H2,1H3,(H,12,14)(H,13,15). The number of hydrogen-bond donors (Lipinski definition) is 2. The quantitative estimate of drug-likeness (QED) is 0.775. The fourth-order valence-corrected chi connectivity index (χ4v) is 2.62. The van der Waals surface area contributed by atoms with Crippen LogP contribution >= 0.6 is 0 Å². The van der Waals surface area contributed by atoms with Crippen LogP contribution in [0.1, 0.15) is 35.3 Å². The monoisotopic (exact) mass is 221 g/mol. The normalized spacial score (nSPS) is 31.9. The summed E-state index contributed by atoms with van der Waals surface area (Å²) in [6, 6.07) is 0.181. The van der Waals surface area contributed by atoms with Gasteiger partial charge in [0.2, 0.25) is 0 Å². The van der Waals surface area contributed by atoms with E-state index in [0.29, 0.717) is 11.7 Å². The number of fused-ring (bicyclic) bond motifs is 2. The lowest BCUT2D eigenvalue weighted by molar-refractivity contribution is 0.0840. The molecular weight excluding hydrogens is 206 g/mol. The lowest BCUT2D eigenvalue weighted by Crippen LogP contribution is -2.41. The molecule has 2 bridgehead atoms. The van der Waals surface area contributed by atoms with E-state index in [9.17, 15) is 4.79 Å². The van der Waals surface area contributed by atoms with Crippen LogP contribution in [0.15, 0.2) is 6.20 Å². The number of hydrogen-bond acceptors (Lipinski definition) is 3. The zero-order valence-electron chi connectivity index (χ0n) is 9.19. The molecule has 0 aliphatic carbocycles. The highest BCUT2D eigenvalue weighted by molar-refractivity contribution is 5.95. The highest BCUT2D eigenvalue weighted by Crippen LogP contribution is 2.34. The van der Waals surface area contributed by atoms with E-state index in [-0.39, 0.29) is 18.1 Å². The second kappa shape index (κ2) is 3.59. The van der Waals surface area contributed by atoms with Crippen LogP contribution < -0.4 is 5.32 Å². The van der Waals surface area contributed by atoms with E-state index in [2.05, 4.69) is 15.5 Å². The molecule has 0 radical (unpaired) electrons. The summed E-state index contributed by atoms with van der Waals surface area (Å²) < 4.78 is 5.70. The van der Waals surface area contributed by atoms with Crippen molar-refractivity contribution in [3.8, 4) is 0 Å². The van der Waals surface area contributed by atoms with E-state index in [1.807, 2.05) is 6.92 Å². The smallest absolute Gasteiger partial charge is 0.255 e. The van der Waals surface area contributed by atoms with Crippen molar-refractivity contribution in [3.63, 3.8) is 0 Å². The van der Waals surface area contributed by atoms with Gasteiger partial charge in [-0.1, -0.05) is 0 Å². The summed E-state index contributed by atoms with van der Waals surface area (Å²) in [5.41, 5.74) is 1.43. The molecule has 0 spiro atoms. The Morgan fingerprint density at radius 2 is 2.50 bits per heavy atom. The summed E-state index contributed by atoms with van der Waals surface area (Å²) in [6.07, 6.45) is 5.32. The lowest BCUT2D eigenvalue weighted by Gasteiger charge is -2.19. The van der Waals surface area contributed by atoms with Crippen LogP contribution in [0.25, 0.3) is 0 Å². The van der Waals surface area contributed by atoms with Crippen molar-refractivity contribution in [2.75, 3.05) is 0 Å². The van der Waals surface area contributed by atoms with E-state index in [1.54, 1.807) is 6.20 Å². The number of nitrogens with one attached hydrogen (secondary N) is 2. The molecule has 1 amide bonds. The number of amides is 1. The second-order valence-electron chi connectivity index (χ2n) is 4.60. The van der Waals surface area contributed by atoms with Gasteiger partial charge in [0, 0.05) is 5.69 Å². The van der Waals surface area contributed by atoms with Crippen LogP contribution in [-0.2, 0) is 4.74 Å². The van der Waals surface area contributed by atoms with Crippen LogP contribution in [0, 0.1) is 6.92 Å². The average molecular weight is 221 g/mol. The molecule has 2 saturated heterocycles. The maximum absolute atomic E-state index is 11.9. The summed E-state index contributed by atoms with van der Waals surface area (Å²) >= 11 is 0. The number of nitrogens with zero attached hydrogens (tertiary/aromatic N) is 1. The summed E-state index contributed by atoms with van der Waals surface area (Å²) in [6.45, 7) is 1.85. The third kappa shape index (κ3) is 1.51. The maximum atomic E-state index is 11.9. The number of H-pyrrole nitrogens is 1. The molecule has 2 aliphatic rings. The topological polar surface area (TPSA) is 67.0 Å². The van der Waals surface area contributed by atoms with Gasteiger partial charge >= 0.3 is 0 Å². The number of carbonyl (C=O) groups is 1. The first kappa shape index (κ1) is 9.84. The number of aromatic nitrogens is 2. The summed E-state index contributed by atoms with van der Waals surface area (Å²) in [4.78, 5) is 11.9. The Kier molecular flexibility index (Phi) is 2.21. The Hall–Kier alpha value is -1.36. The molecule has 2 N–H and O–H groups in total. The van der Waals surface area contributed by atoms with Crippen molar-refractivity contribution < 1.29 is 9.53 Å². The highest BCUT2D eigenvalue weighted by Gasteiger charge is 2.41. The zero-order chi connectivity index (χ0) is 11.1. The minimum Gasteiger partial charge on any atom is -0.373 e. The van der Waals surface area contributed by atoms with Crippen molar-refractivity contribution in [1.82, 2.24) is 15.5 Å². The van der Waals surface area contributed by atoms with Gasteiger partial charge < -0.3 is 10.1 Å². The van der Waals surface area contributed by atoms with E-state index >= 15 is 0 Å². The Morgan fingerprint density at radius 3 is 3.06 bits per heavy atom. The molecule has 0 saturated carbocycles. The first-order valence-corrected chi connectivity index (χ1v) is 5.70. The molecule has 86 valence electrons. The van der Waals surface area contributed by atoms with Gasteiger partial charge in [-0.05, 0) is 26.2 Å². The molecule has 3 atom stereocenters. The van der Waals surface area contributed by atoms with Crippen molar-refractivity contribution in [2.24, 2.45) is 0 Å². The van der Waals surface area contributed by atoms with Crippen LogP contribution in [0.2, 0.25) is 0 Å². The second-order valence-corrected chi connectivity index (χ2v) is 4.60. The summed E-state index contributed by atoms with van der Waals surface area (Å²) in [5, 5.41) is 9.64. The van der Waals surface area contributed by atoms with Gasteiger partial charge in [-0.3, -0.25) is 9.89 Å². The number of aryl methyl sites for hydroxylation is 1. The number of carbonyl (C=O) groups excluding carboxylic acids is 1. The van der Waals surface area contributed by atoms with Gasteiger partial charge in [0.1, 0.15) is 0 Å². The third-order valence-corrected chi connectivity index (χ3v) is 3.50. The van der Waals surface area contributed by atoms with Gasteiger partial charge in [0.05, 0.1) is 30.0 Å². The summed E-state index contributed by atoms with van der Waals surface area (Å²) in [5.74, 6) is -0.0487. The number of ether oxygens (including phenoxy) is 1. The summed E-state index contributed by atoms with van der Waals surface area (Å²) in [7, 11) is 0. The predicted molar refractivity (Wildman–Crippen MR) is 57.1 cm³/mol. The van der Waals surface area contributed by atoms with Crippen molar-refractivity contribution in [1.29, 1.82) is 0 Å². The molecule has 2 fully saturated rings. The molecule has 1 aromatic heterocycles. The molecule has 2 aliphatic heterocycles. The van der Waals surface area contributed by atoms with Gasteiger partial charge in [-0.15, -0.1) is 0 Å². The molecule has 5 heteroatoms. The molecule has 3 heterocycles. The van der Waals surface area contributed by atoms with Gasteiger partial charge in [-0.2, -0.15) is 5.10 Å². The van der Waals surface area contributed by atoms with Crippen molar-refractivity contribution >= 4 is 5.91 Å². The molecule has 1 aromatic rings. The first-order valence-electron chi connectivity index (χ1n) is 5.70. The Bertz CT molecular complexity index is 415. The molecule has 3 rings (SSSR count). The van der Waals surface area contributed by atoms with E-state index in [0.717, 1.165) is 25.0 Å². The predicted octanol–water partition coefficient (Wildman–Crippen LogP) is 0.768. The van der Waals surface area contributed by atoms with Crippen LogP contribution in [0.4, 0.5) is 0 Å². The fourth-order valence-electron chi connectivity index (χ4n) is 2.62. The molecular formula is C11H15N3O2. The Labute approximate surface area is 93.6 Å². The van der Waals surface area contributed by atoms with Crippen LogP contribution in [-0.4, -0.2) is 34.4 Å². The SMILES string of the molecule is Cc1[nH]ncc1C(=O)NC1CC2CCC1O2. The van der Waals surface area contributed by atoms with E-state index in [4.69, 9.17) is 4.74 Å². The average Bonchev–Trinajstić information content (AvgIpc) is 2.92. The highest BCUT2D eigenvalue weighted by atomic mass is 16.5. The molecule has 0 aromatic carbocycles. The first-order chi connectivity index (χ1) is 7.74. The minimum atomic E-state index is -0.0487.